The molecule has 1 heterocycles. The molecule has 0 bridgehead atoms. The standard InChI is InChI=1S/C15H31N3.HI/c1-7-16-13(17-10-8-14(2,3)4)18-11-9-15(5,6)12-18;/h7-12H2,1-6H3,(H,16,17);1H. The fourth-order valence-corrected chi connectivity index (χ4v) is 2.22. The summed E-state index contributed by atoms with van der Waals surface area (Å²) in [6, 6.07) is 0. The quantitative estimate of drug-likeness (QED) is 0.458. The van der Waals surface area contributed by atoms with Gasteiger partial charge in [-0.05, 0) is 30.6 Å². The molecule has 0 aromatic carbocycles. The van der Waals surface area contributed by atoms with Gasteiger partial charge in [-0.3, -0.25) is 4.99 Å². The Morgan fingerprint density at radius 3 is 2.37 bits per heavy atom. The van der Waals surface area contributed by atoms with E-state index >= 15 is 0 Å². The maximum absolute atomic E-state index is 4.78. The largest absolute Gasteiger partial charge is 0.357 e. The molecule has 114 valence electrons. The Hall–Kier alpha value is 0. The van der Waals surface area contributed by atoms with Crippen molar-refractivity contribution >= 4 is 29.9 Å². The summed E-state index contributed by atoms with van der Waals surface area (Å²) in [6.45, 7) is 17.8. The fourth-order valence-electron chi connectivity index (χ4n) is 2.22. The van der Waals surface area contributed by atoms with E-state index in [1.165, 1.54) is 6.42 Å². The molecule has 1 aliphatic rings. The second-order valence-electron chi connectivity index (χ2n) is 7.38. The number of guanidine groups is 1. The molecule has 4 heteroatoms. The molecule has 0 unspecified atom stereocenters. The summed E-state index contributed by atoms with van der Waals surface area (Å²) in [5, 5.41) is 3.42. The lowest BCUT2D eigenvalue weighted by atomic mass is 9.92. The minimum atomic E-state index is 0. The summed E-state index contributed by atoms with van der Waals surface area (Å²) in [4.78, 5) is 7.19. The van der Waals surface area contributed by atoms with Crippen molar-refractivity contribution in [1.29, 1.82) is 0 Å². The summed E-state index contributed by atoms with van der Waals surface area (Å²) < 4.78 is 0. The molecule has 3 nitrogen and oxygen atoms in total. The lowest BCUT2D eigenvalue weighted by Gasteiger charge is -2.24. The average Bonchev–Trinajstić information content (AvgIpc) is 2.56. The Bertz CT molecular complexity index is 292. The van der Waals surface area contributed by atoms with Crippen LogP contribution in [0.1, 0.15) is 54.4 Å². The smallest absolute Gasteiger partial charge is 0.193 e. The van der Waals surface area contributed by atoms with Crippen LogP contribution in [0.4, 0.5) is 0 Å². The van der Waals surface area contributed by atoms with E-state index in [1.54, 1.807) is 0 Å². The summed E-state index contributed by atoms with van der Waals surface area (Å²) in [5.74, 6) is 1.10. The van der Waals surface area contributed by atoms with E-state index in [4.69, 9.17) is 4.99 Å². The SMILES string of the molecule is CCNC(=NCCC(C)(C)C)N1CCC(C)(C)C1.I. The molecule has 1 rings (SSSR count). The Morgan fingerprint density at radius 1 is 1.32 bits per heavy atom. The highest BCUT2D eigenvalue weighted by Crippen LogP contribution is 2.28. The first-order chi connectivity index (χ1) is 8.23. The molecule has 1 aliphatic heterocycles. The zero-order valence-electron chi connectivity index (χ0n) is 13.5. The van der Waals surface area contributed by atoms with Gasteiger partial charge in [-0.1, -0.05) is 34.6 Å². The summed E-state index contributed by atoms with van der Waals surface area (Å²) in [7, 11) is 0. The van der Waals surface area contributed by atoms with Crippen LogP contribution >= 0.6 is 24.0 Å². The molecule has 1 saturated heterocycles. The molecule has 0 aromatic heterocycles. The van der Waals surface area contributed by atoms with Crippen molar-refractivity contribution in [3.8, 4) is 0 Å². The van der Waals surface area contributed by atoms with Gasteiger partial charge in [-0.15, -0.1) is 24.0 Å². The van der Waals surface area contributed by atoms with Crippen LogP contribution in [-0.2, 0) is 0 Å². The molecule has 0 aromatic rings. The molecule has 1 fully saturated rings. The predicted octanol–water partition coefficient (Wildman–Crippen LogP) is 3.74. The van der Waals surface area contributed by atoms with Crippen molar-refractivity contribution in [2.45, 2.75) is 54.4 Å². The van der Waals surface area contributed by atoms with Gasteiger partial charge >= 0.3 is 0 Å². The number of nitrogens with zero attached hydrogens (tertiary/aromatic N) is 2. The van der Waals surface area contributed by atoms with E-state index in [0.29, 0.717) is 10.8 Å². The van der Waals surface area contributed by atoms with E-state index in [9.17, 15) is 0 Å². The van der Waals surface area contributed by atoms with Gasteiger partial charge in [0.15, 0.2) is 5.96 Å². The molecule has 0 radical (unpaired) electrons. The topological polar surface area (TPSA) is 27.6 Å². The monoisotopic (exact) mass is 381 g/mol. The Balaban J connectivity index is 0.00000324. The third-order valence-corrected chi connectivity index (χ3v) is 3.44. The number of aliphatic imine (C=N–C) groups is 1. The van der Waals surface area contributed by atoms with E-state index in [1.807, 2.05) is 0 Å². The van der Waals surface area contributed by atoms with Crippen molar-refractivity contribution in [3.05, 3.63) is 0 Å². The zero-order valence-corrected chi connectivity index (χ0v) is 15.9. The van der Waals surface area contributed by atoms with E-state index in [-0.39, 0.29) is 24.0 Å². The van der Waals surface area contributed by atoms with Crippen LogP contribution in [0.2, 0.25) is 0 Å². The number of likely N-dealkylation sites (tertiary alicyclic amines) is 1. The van der Waals surface area contributed by atoms with Crippen LogP contribution in [0.15, 0.2) is 4.99 Å². The Labute approximate surface area is 136 Å². The van der Waals surface area contributed by atoms with Crippen LogP contribution in [0, 0.1) is 10.8 Å². The minimum absolute atomic E-state index is 0. The highest BCUT2D eigenvalue weighted by atomic mass is 127. The van der Waals surface area contributed by atoms with Gasteiger partial charge in [0.05, 0.1) is 0 Å². The predicted molar refractivity (Wildman–Crippen MR) is 95.4 cm³/mol. The molecule has 0 amide bonds. The van der Waals surface area contributed by atoms with Gasteiger partial charge in [-0.25, -0.2) is 0 Å². The summed E-state index contributed by atoms with van der Waals surface area (Å²) in [6.07, 6.45) is 2.40. The fraction of sp³-hybridized carbons (Fsp3) is 0.933. The van der Waals surface area contributed by atoms with Gasteiger partial charge in [0.2, 0.25) is 0 Å². The molecular weight excluding hydrogens is 349 g/mol. The second-order valence-corrected chi connectivity index (χ2v) is 7.38. The van der Waals surface area contributed by atoms with E-state index < -0.39 is 0 Å². The lowest BCUT2D eigenvalue weighted by molar-refractivity contribution is 0.365. The third-order valence-electron chi connectivity index (χ3n) is 3.44. The normalized spacial score (nSPS) is 19.3. The molecular formula is C15H32IN3. The second kappa shape index (κ2) is 7.70. The van der Waals surface area contributed by atoms with Crippen molar-refractivity contribution in [1.82, 2.24) is 10.2 Å². The van der Waals surface area contributed by atoms with Crippen LogP contribution in [0.25, 0.3) is 0 Å². The van der Waals surface area contributed by atoms with Gasteiger partial charge in [-0.2, -0.15) is 0 Å². The van der Waals surface area contributed by atoms with E-state index in [2.05, 4.69) is 51.8 Å². The van der Waals surface area contributed by atoms with Crippen molar-refractivity contribution < 1.29 is 0 Å². The number of nitrogens with one attached hydrogen (secondary N) is 1. The first-order valence-corrected chi connectivity index (χ1v) is 7.27. The summed E-state index contributed by atoms with van der Waals surface area (Å²) >= 11 is 0. The van der Waals surface area contributed by atoms with Crippen LogP contribution in [-0.4, -0.2) is 37.0 Å². The number of rotatable bonds is 3. The third kappa shape index (κ3) is 7.37. The number of hydrogen-bond donors (Lipinski definition) is 1. The number of halogens is 1. The zero-order chi connectivity index (χ0) is 13.8. The molecule has 0 atom stereocenters. The van der Waals surface area contributed by atoms with Crippen molar-refractivity contribution in [2.24, 2.45) is 15.8 Å². The summed E-state index contributed by atoms with van der Waals surface area (Å²) in [5.41, 5.74) is 0.797. The van der Waals surface area contributed by atoms with Crippen LogP contribution in [0.5, 0.6) is 0 Å². The maximum atomic E-state index is 4.78. The Kier molecular flexibility index (Phi) is 7.70. The Morgan fingerprint density at radius 2 is 1.95 bits per heavy atom. The first kappa shape index (κ1) is 19.0. The molecule has 0 saturated carbocycles. The number of hydrogen-bond acceptors (Lipinski definition) is 1. The van der Waals surface area contributed by atoms with Gasteiger partial charge in [0, 0.05) is 26.2 Å². The van der Waals surface area contributed by atoms with Gasteiger partial charge < -0.3 is 10.2 Å². The molecule has 1 N–H and O–H groups in total. The van der Waals surface area contributed by atoms with Crippen molar-refractivity contribution in [2.75, 3.05) is 26.2 Å². The highest BCUT2D eigenvalue weighted by molar-refractivity contribution is 14.0. The van der Waals surface area contributed by atoms with E-state index in [0.717, 1.165) is 38.6 Å². The van der Waals surface area contributed by atoms with Crippen molar-refractivity contribution in [3.63, 3.8) is 0 Å². The highest BCUT2D eigenvalue weighted by Gasteiger charge is 2.30. The molecule has 0 spiro atoms. The van der Waals surface area contributed by atoms with Crippen LogP contribution < -0.4 is 5.32 Å². The maximum Gasteiger partial charge on any atom is 0.193 e. The average molecular weight is 381 g/mol. The minimum Gasteiger partial charge on any atom is -0.357 e. The van der Waals surface area contributed by atoms with Crippen LogP contribution in [0.3, 0.4) is 0 Å². The molecule has 19 heavy (non-hydrogen) atoms. The first-order valence-electron chi connectivity index (χ1n) is 7.27. The van der Waals surface area contributed by atoms with Gasteiger partial charge in [0.1, 0.15) is 0 Å². The lowest BCUT2D eigenvalue weighted by Crippen LogP contribution is -2.40. The van der Waals surface area contributed by atoms with Gasteiger partial charge in [0.25, 0.3) is 0 Å². The molecule has 0 aliphatic carbocycles.